The number of nitrogens with zero attached hydrogens (tertiary/aromatic N) is 1. The van der Waals surface area contributed by atoms with Crippen LogP contribution >= 0.6 is 0 Å². The number of rotatable bonds is 4. The van der Waals surface area contributed by atoms with Crippen LogP contribution in [-0.2, 0) is 4.79 Å². The molecule has 2 N–H and O–H groups in total. The molecule has 2 rings (SSSR count). The fourth-order valence-corrected chi connectivity index (χ4v) is 1.86. The third-order valence-electron chi connectivity index (χ3n) is 2.95. The van der Waals surface area contributed by atoms with Crippen molar-refractivity contribution < 1.29 is 18.7 Å². The zero-order valence-corrected chi connectivity index (χ0v) is 12.7. The van der Waals surface area contributed by atoms with E-state index in [-0.39, 0.29) is 6.61 Å². The second-order valence-electron chi connectivity index (χ2n) is 4.75. The van der Waals surface area contributed by atoms with Crippen molar-refractivity contribution >= 4 is 11.8 Å². The van der Waals surface area contributed by atoms with Crippen molar-refractivity contribution in [3.63, 3.8) is 0 Å². The van der Waals surface area contributed by atoms with Gasteiger partial charge in [0.05, 0.1) is 17.2 Å². The van der Waals surface area contributed by atoms with Crippen molar-refractivity contribution in [2.24, 2.45) is 0 Å². The summed E-state index contributed by atoms with van der Waals surface area (Å²) in [5.74, 6) is 0.560. The molecule has 23 heavy (non-hydrogen) atoms. The number of carbonyl (C=O) groups is 2. The Morgan fingerprint density at radius 1 is 1.22 bits per heavy atom. The molecule has 0 radical (unpaired) electrons. The van der Waals surface area contributed by atoms with E-state index in [0.29, 0.717) is 28.4 Å². The topological polar surface area (TPSA) is 104 Å². The van der Waals surface area contributed by atoms with Gasteiger partial charge in [-0.15, -0.1) is 0 Å². The van der Waals surface area contributed by atoms with Crippen molar-refractivity contribution in [3.8, 4) is 11.8 Å². The van der Waals surface area contributed by atoms with Gasteiger partial charge in [-0.25, -0.2) is 0 Å². The Hall–Kier alpha value is -3.27. The van der Waals surface area contributed by atoms with E-state index in [1.807, 2.05) is 6.07 Å². The third kappa shape index (κ3) is 4.35. The lowest BCUT2D eigenvalue weighted by Gasteiger charge is -2.08. The predicted octanol–water partition coefficient (Wildman–Crippen LogP) is 1.61. The first-order valence-electron chi connectivity index (χ1n) is 6.79. The number of hydrogen-bond donors (Lipinski definition) is 2. The fourth-order valence-electron chi connectivity index (χ4n) is 1.86. The van der Waals surface area contributed by atoms with Crippen molar-refractivity contribution in [2.75, 3.05) is 6.61 Å². The summed E-state index contributed by atoms with van der Waals surface area (Å²) >= 11 is 0. The summed E-state index contributed by atoms with van der Waals surface area (Å²) in [6.07, 6.45) is 0. The zero-order valence-electron chi connectivity index (χ0n) is 12.7. The number of hydrazine groups is 1. The smallest absolute Gasteiger partial charge is 0.276 e. The Morgan fingerprint density at radius 3 is 2.48 bits per heavy atom. The van der Waals surface area contributed by atoms with E-state index in [0.717, 1.165) is 0 Å². The number of nitrogens with one attached hydrogen (secondary N) is 2. The summed E-state index contributed by atoms with van der Waals surface area (Å²) in [6.45, 7) is 3.13. The highest BCUT2D eigenvalue weighted by Gasteiger charge is 2.14. The molecular formula is C16H15N3O4. The van der Waals surface area contributed by atoms with Gasteiger partial charge in [-0.05, 0) is 44.2 Å². The summed E-state index contributed by atoms with van der Waals surface area (Å²) in [5, 5.41) is 8.68. The second-order valence-corrected chi connectivity index (χ2v) is 4.75. The Labute approximate surface area is 132 Å². The molecule has 7 heteroatoms. The molecule has 0 aliphatic rings. The lowest BCUT2D eigenvalue weighted by atomic mass is 10.2. The van der Waals surface area contributed by atoms with Crippen molar-refractivity contribution in [3.05, 3.63) is 53.0 Å². The predicted molar refractivity (Wildman–Crippen MR) is 80.4 cm³/mol. The van der Waals surface area contributed by atoms with Gasteiger partial charge < -0.3 is 9.15 Å². The molecular weight excluding hydrogens is 298 g/mol. The minimum atomic E-state index is -0.513. The largest absolute Gasteiger partial charge is 0.484 e. The van der Waals surface area contributed by atoms with Gasteiger partial charge >= 0.3 is 0 Å². The molecule has 0 bridgehead atoms. The van der Waals surface area contributed by atoms with E-state index in [9.17, 15) is 9.59 Å². The minimum absolute atomic E-state index is 0.268. The van der Waals surface area contributed by atoms with Crippen LogP contribution in [0.3, 0.4) is 0 Å². The normalized spacial score (nSPS) is 9.78. The van der Waals surface area contributed by atoms with Crippen molar-refractivity contribution in [1.82, 2.24) is 10.9 Å². The average molecular weight is 313 g/mol. The summed E-state index contributed by atoms with van der Waals surface area (Å²) in [4.78, 5) is 23.5. The molecule has 0 aliphatic heterocycles. The molecule has 2 amide bonds. The number of carbonyl (C=O) groups excluding carboxylic acids is 2. The molecule has 2 aromatic rings. The lowest BCUT2D eigenvalue weighted by Crippen LogP contribution is -2.43. The van der Waals surface area contributed by atoms with Gasteiger partial charge in [-0.3, -0.25) is 20.4 Å². The van der Waals surface area contributed by atoms with Gasteiger partial charge in [0, 0.05) is 0 Å². The first kappa shape index (κ1) is 16.1. The summed E-state index contributed by atoms with van der Waals surface area (Å²) in [7, 11) is 0. The van der Waals surface area contributed by atoms with Crippen molar-refractivity contribution in [2.45, 2.75) is 13.8 Å². The molecule has 0 aliphatic carbocycles. The quantitative estimate of drug-likeness (QED) is 0.834. The minimum Gasteiger partial charge on any atom is -0.484 e. The van der Waals surface area contributed by atoms with Crippen molar-refractivity contribution in [1.29, 1.82) is 5.26 Å². The van der Waals surface area contributed by atoms with Gasteiger partial charge in [0.2, 0.25) is 0 Å². The highest BCUT2D eigenvalue weighted by Crippen LogP contribution is 2.13. The fraction of sp³-hybridized carbons (Fsp3) is 0.188. The number of furan rings is 1. The van der Waals surface area contributed by atoms with Crippen LogP contribution in [0.5, 0.6) is 5.75 Å². The van der Waals surface area contributed by atoms with Crippen LogP contribution in [0.1, 0.15) is 27.4 Å². The van der Waals surface area contributed by atoms with Crippen LogP contribution in [0, 0.1) is 25.2 Å². The molecule has 118 valence electrons. The molecule has 0 saturated carbocycles. The molecule has 7 nitrogen and oxygen atoms in total. The Kier molecular flexibility index (Phi) is 5.00. The summed E-state index contributed by atoms with van der Waals surface area (Å²) < 4.78 is 10.5. The van der Waals surface area contributed by atoms with Crippen LogP contribution in [0.15, 0.2) is 34.7 Å². The van der Waals surface area contributed by atoms with Gasteiger partial charge in [-0.1, -0.05) is 0 Å². The number of aryl methyl sites for hydroxylation is 2. The average Bonchev–Trinajstić information content (AvgIpc) is 2.89. The van der Waals surface area contributed by atoms with E-state index in [1.54, 1.807) is 44.2 Å². The molecule has 0 fully saturated rings. The Bertz CT molecular complexity index is 757. The lowest BCUT2D eigenvalue weighted by molar-refractivity contribution is -0.123. The van der Waals surface area contributed by atoms with Gasteiger partial charge in [-0.2, -0.15) is 5.26 Å². The summed E-state index contributed by atoms with van der Waals surface area (Å²) in [5.41, 5.74) is 5.40. The van der Waals surface area contributed by atoms with Crippen LogP contribution in [-0.4, -0.2) is 18.4 Å². The highest BCUT2D eigenvalue weighted by molar-refractivity contribution is 5.96. The maximum Gasteiger partial charge on any atom is 0.276 e. The number of nitriles is 1. The number of amides is 2. The van der Waals surface area contributed by atoms with Gasteiger partial charge in [0.15, 0.2) is 6.61 Å². The highest BCUT2D eigenvalue weighted by atomic mass is 16.5. The SMILES string of the molecule is Cc1cc(C(=O)NNC(=O)COc2ccc(C#N)cc2)c(C)o1. The second kappa shape index (κ2) is 7.13. The van der Waals surface area contributed by atoms with Gasteiger partial charge in [0.25, 0.3) is 11.8 Å². The summed E-state index contributed by atoms with van der Waals surface area (Å²) in [6, 6.07) is 9.91. The molecule has 0 unspecified atom stereocenters. The molecule has 0 saturated heterocycles. The Morgan fingerprint density at radius 2 is 1.91 bits per heavy atom. The molecule has 1 aromatic heterocycles. The monoisotopic (exact) mass is 313 g/mol. The van der Waals surface area contributed by atoms with E-state index < -0.39 is 11.8 Å². The number of ether oxygens (including phenoxy) is 1. The van der Waals surface area contributed by atoms with Gasteiger partial charge in [0.1, 0.15) is 17.3 Å². The van der Waals surface area contributed by atoms with E-state index in [2.05, 4.69) is 10.9 Å². The first-order valence-corrected chi connectivity index (χ1v) is 6.79. The van der Waals surface area contributed by atoms with Crippen LogP contribution in [0.2, 0.25) is 0 Å². The van der Waals surface area contributed by atoms with Crippen LogP contribution in [0.4, 0.5) is 0 Å². The first-order chi connectivity index (χ1) is 11.0. The van der Waals surface area contributed by atoms with Crippen LogP contribution in [0.25, 0.3) is 0 Å². The third-order valence-corrected chi connectivity index (χ3v) is 2.95. The maximum atomic E-state index is 11.9. The standard InChI is InChI=1S/C16H15N3O4/c1-10-7-14(11(2)23-10)16(21)19-18-15(20)9-22-13-5-3-12(8-17)4-6-13/h3-7H,9H2,1-2H3,(H,18,20)(H,19,21). The molecule has 0 spiro atoms. The number of hydrogen-bond acceptors (Lipinski definition) is 5. The van der Waals surface area contributed by atoms with E-state index in [4.69, 9.17) is 14.4 Å². The van der Waals surface area contributed by atoms with E-state index >= 15 is 0 Å². The molecule has 0 atom stereocenters. The molecule has 1 heterocycles. The van der Waals surface area contributed by atoms with E-state index in [1.165, 1.54) is 0 Å². The number of benzene rings is 1. The maximum absolute atomic E-state index is 11.9. The molecule has 1 aromatic carbocycles. The Balaban J connectivity index is 1.79. The van der Waals surface area contributed by atoms with Crippen LogP contribution < -0.4 is 15.6 Å². The zero-order chi connectivity index (χ0) is 16.8.